The van der Waals surface area contributed by atoms with Crippen LogP contribution in [-0.4, -0.2) is 36.1 Å². The molecule has 1 heterocycles. The summed E-state index contributed by atoms with van der Waals surface area (Å²) in [4.78, 5) is 6.66. The number of aliphatic hydroxyl groups excluding tert-OH is 1. The molecule has 7 heteroatoms. The van der Waals surface area contributed by atoms with Crippen molar-refractivity contribution < 1.29 is 13.5 Å². The van der Waals surface area contributed by atoms with Crippen molar-refractivity contribution in [2.45, 2.75) is 37.8 Å². The Morgan fingerprint density at radius 3 is 2.81 bits per heavy atom. The Hall–Kier alpha value is -0.920. The van der Waals surface area contributed by atoms with Crippen molar-refractivity contribution in [3.63, 3.8) is 0 Å². The van der Waals surface area contributed by atoms with Gasteiger partial charge in [0.15, 0.2) is 5.03 Å². The Labute approximate surface area is 95.2 Å². The van der Waals surface area contributed by atoms with Gasteiger partial charge in [-0.15, -0.1) is 0 Å². The quantitative estimate of drug-likeness (QED) is 0.660. The fourth-order valence-corrected chi connectivity index (χ4v) is 2.46. The molecule has 0 spiro atoms. The first-order valence-electron chi connectivity index (χ1n) is 5.16. The number of aromatic nitrogens is 2. The molecule has 0 aromatic carbocycles. The number of H-pyrrole nitrogens is 1. The van der Waals surface area contributed by atoms with Gasteiger partial charge in [0.2, 0.25) is 0 Å². The number of nitrogens with one attached hydrogen (secondary N) is 2. The van der Waals surface area contributed by atoms with E-state index in [0.717, 1.165) is 0 Å². The van der Waals surface area contributed by atoms with Gasteiger partial charge in [-0.05, 0) is 13.3 Å². The van der Waals surface area contributed by atoms with Gasteiger partial charge in [-0.1, -0.05) is 6.92 Å². The average Bonchev–Trinajstić information content (AvgIpc) is 2.65. The average molecular weight is 247 g/mol. The Kier molecular flexibility index (Phi) is 4.45. The molecule has 0 saturated heterocycles. The minimum absolute atomic E-state index is 0.0487. The molecule has 0 aliphatic carbocycles. The first-order valence-corrected chi connectivity index (χ1v) is 6.65. The summed E-state index contributed by atoms with van der Waals surface area (Å²) in [6.45, 7) is 3.54. The Balaban J connectivity index is 2.77. The van der Waals surface area contributed by atoms with Crippen molar-refractivity contribution in [2.75, 3.05) is 6.61 Å². The maximum Gasteiger partial charge on any atom is 0.257 e. The maximum atomic E-state index is 11.8. The van der Waals surface area contributed by atoms with Crippen LogP contribution in [0.3, 0.4) is 0 Å². The lowest BCUT2D eigenvalue weighted by Crippen LogP contribution is -2.33. The number of sulfonamides is 1. The number of nitrogens with zero attached hydrogens (tertiary/aromatic N) is 1. The number of rotatable bonds is 6. The smallest absolute Gasteiger partial charge is 0.257 e. The van der Waals surface area contributed by atoms with E-state index in [2.05, 4.69) is 14.7 Å². The molecule has 92 valence electrons. The van der Waals surface area contributed by atoms with Gasteiger partial charge in [-0.3, -0.25) is 0 Å². The molecular formula is C9H17N3O3S. The van der Waals surface area contributed by atoms with Gasteiger partial charge in [0, 0.05) is 19.1 Å². The van der Waals surface area contributed by atoms with Crippen LogP contribution in [0, 0.1) is 0 Å². The van der Waals surface area contributed by atoms with Crippen molar-refractivity contribution in [1.82, 2.24) is 14.7 Å². The Morgan fingerprint density at radius 1 is 1.62 bits per heavy atom. The summed E-state index contributed by atoms with van der Waals surface area (Å²) in [5.74, 6) is 0.634. The van der Waals surface area contributed by atoms with Gasteiger partial charge in [0.25, 0.3) is 10.0 Å². The van der Waals surface area contributed by atoms with Crippen molar-refractivity contribution >= 4 is 10.0 Å². The number of hydrogen-bond acceptors (Lipinski definition) is 4. The van der Waals surface area contributed by atoms with Crippen LogP contribution in [0.1, 0.15) is 26.1 Å². The van der Waals surface area contributed by atoms with Crippen LogP contribution in [0.4, 0.5) is 0 Å². The molecule has 0 aliphatic heterocycles. The fraction of sp³-hybridized carbons (Fsp3) is 0.667. The third-order valence-corrected chi connectivity index (χ3v) is 3.65. The second kappa shape index (κ2) is 5.42. The van der Waals surface area contributed by atoms with E-state index in [9.17, 15) is 8.42 Å². The van der Waals surface area contributed by atoms with Crippen LogP contribution in [0.5, 0.6) is 0 Å². The molecule has 1 aromatic heterocycles. The van der Waals surface area contributed by atoms with Crippen molar-refractivity contribution in [3.8, 4) is 0 Å². The maximum absolute atomic E-state index is 11.8. The van der Waals surface area contributed by atoms with Gasteiger partial charge in [0.05, 0.1) is 6.20 Å². The number of aliphatic hydroxyl groups is 1. The van der Waals surface area contributed by atoms with Crippen LogP contribution >= 0.6 is 0 Å². The number of aryl methyl sites for hydroxylation is 1. The molecule has 0 radical (unpaired) electrons. The molecule has 1 rings (SSSR count). The highest BCUT2D eigenvalue weighted by Gasteiger charge is 2.19. The standard InChI is InChI=1S/C9H17N3O3S/c1-3-8-10-6-9(11-8)16(14,15)12-7(2)4-5-13/h6-7,12-13H,3-5H2,1-2H3,(H,10,11). The topological polar surface area (TPSA) is 95.1 Å². The van der Waals surface area contributed by atoms with E-state index in [4.69, 9.17) is 5.11 Å². The molecule has 1 aromatic rings. The van der Waals surface area contributed by atoms with Crippen molar-refractivity contribution in [3.05, 3.63) is 12.0 Å². The van der Waals surface area contributed by atoms with E-state index < -0.39 is 10.0 Å². The van der Waals surface area contributed by atoms with Crippen LogP contribution in [0.2, 0.25) is 0 Å². The molecule has 0 saturated carbocycles. The first kappa shape index (κ1) is 13.1. The zero-order chi connectivity index (χ0) is 12.2. The van der Waals surface area contributed by atoms with Crippen LogP contribution < -0.4 is 4.72 Å². The van der Waals surface area contributed by atoms with Crippen LogP contribution in [0.25, 0.3) is 0 Å². The summed E-state index contributed by atoms with van der Waals surface area (Å²) in [6, 6.07) is -0.302. The summed E-state index contributed by atoms with van der Waals surface area (Å²) in [5.41, 5.74) is 0. The summed E-state index contributed by atoms with van der Waals surface area (Å²) in [5, 5.41) is 8.76. The molecule has 0 amide bonds. The minimum atomic E-state index is -3.55. The summed E-state index contributed by atoms with van der Waals surface area (Å²) in [7, 11) is -3.55. The highest BCUT2D eigenvalue weighted by atomic mass is 32.2. The minimum Gasteiger partial charge on any atom is -0.396 e. The van der Waals surface area contributed by atoms with E-state index in [1.54, 1.807) is 6.92 Å². The second-order valence-corrected chi connectivity index (χ2v) is 5.26. The highest BCUT2D eigenvalue weighted by molar-refractivity contribution is 7.89. The van der Waals surface area contributed by atoms with E-state index in [0.29, 0.717) is 18.7 Å². The van der Waals surface area contributed by atoms with Gasteiger partial charge in [-0.2, -0.15) is 0 Å². The van der Waals surface area contributed by atoms with E-state index in [1.165, 1.54) is 6.20 Å². The number of hydrogen-bond donors (Lipinski definition) is 3. The monoisotopic (exact) mass is 247 g/mol. The van der Waals surface area contributed by atoms with Crippen LogP contribution in [-0.2, 0) is 16.4 Å². The number of imidazole rings is 1. The number of aromatic amines is 1. The molecule has 0 aliphatic rings. The van der Waals surface area contributed by atoms with E-state index in [-0.39, 0.29) is 17.7 Å². The Morgan fingerprint density at radius 2 is 2.31 bits per heavy atom. The SMILES string of the molecule is CCc1ncc(S(=O)(=O)NC(C)CCO)[nH]1. The van der Waals surface area contributed by atoms with E-state index in [1.807, 2.05) is 6.92 Å². The molecular weight excluding hydrogens is 230 g/mol. The van der Waals surface area contributed by atoms with Crippen molar-refractivity contribution in [1.29, 1.82) is 0 Å². The molecule has 6 nitrogen and oxygen atoms in total. The van der Waals surface area contributed by atoms with Crippen molar-refractivity contribution in [2.24, 2.45) is 0 Å². The molecule has 3 N–H and O–H groups in total. The predicted molar refractivity (Wildman–Crippen MR) is 59.5 cm³/mol. The molecule has 1 unspecified atom stereocenters. The molecule has 0 bridgehead atoms. The highest BCUT2D eigenvalue weighted by Crippen LogP contribution is 2.07. The zero-order valence-corrected chi connectivity index (χ0v) is 10.2. The normalized spacial score (nSPS) is 13.9. The molecule has 1 atom stereocenters. The van der Waals surface area contributed by atoms with Crippen LogP contribution in [0.15, 0.2) is 11.2 Å². The third kappa shape index (κ3) is 3.29. The van der Waals surface area contributed by atoms with Gasteiger partial charge in [0.1, 0.15) is 5.82 Å². The first-order chi connectivity index (χ1) is 7.49. The predicted octanol–water partition coefficient (Wildman–Crippen LogP) is 0.0213. The molecule has 0 fully saturated rings. The lowest BCUT2D eigenvalue weighted by molar-refractivity contribution is 0.275. The lowest BCUT2D eigenvalue weighted by Gasteiger charge is -2.11. The molecule has 16 heavy (non-hydrogen) atoms. The Bertz CT molecular complexity index is 427. The summed E-state index contributed by atoms with van der Waals surface area (Å²) >= 11 is 0. The van der Waals surface area contributed by atoms with Gasteiger partial charge in [-0.25, -0.2) is 18.1 Å². The lowest BCUT2D eigenvalue weighted by atomic mass is 10.3. The largest absolute Gasteiger partial charge is 0.396 e. The summed E-state index contributed by atoms with van der Waals surface area (Å²) < 4.78 is 26.0. The van der Waals surface area contributed by atoms with Gasteiger partial charge < -0.3 is 10.1 Å². The zero-order valence-electron chi connectivity index (χ0n) is 9.40. The third-order valence-electron chi connectivity index (χ3n) is 2.15. The van der Waals surface area contributed by atoms with E-state index >= 15 is 0 Å². The fourth-order valence-electron chi connectivity index (χ4n) is 1.24. The second-order valence-electron chi connectivity index (χ2n) is 3.58. The summed E-state index contributed by atoms with van der Waals surface area (Å²) in [6.07, 6.45) is 2.34. The van der Waals surface area contributed by atoms with Gasteiger partial charge >= 0.3 is 0 Å².